The second kappa shape index (κ2) is 8.39. The number of amides is 1. The molecule has 0 bridgehead atoms. The summed E-state index contributed by atoms with van der Waals surface area (Å²) in [4.78, 5) is 14.5. The van der Waals surface area contributed by atoms with Crippen LogP contribution in [-0.2, 0) is 5.41 Å². The smallest absolute Gasteiger partial charge is 0.271 e. The van der Waals surface area contributed by atoms with Crippen LogP contribution in [0.1, 0.15) is 36.7 Å². The number of hydrogen-bond acceptors (Lipinski definition) is 5. The zero-order chi connectivity index (χ0) is 21.0. The van der Waals surface area contributed by atoms with E-state index < -0.39 is 0 Å². The zero-order valence-corrected chi connectivity index (χ0v) is 17.5. The van der Waals surface area contributed by atoms with Crippen molar-refractivity contribution in [3.8, 4) is 11.5 Å². The summed E-state index contributed by atoms with van der Waals surface area (Å²) in [5, 5.41) is 4.10. The molecule has 0 saturated carbocycles. The van der Waals surface area contributed by atoms with E-state index in [0.717, 1.165) is 18.0 Å². The molecule has 1 N–H and O–H groups in total. The fraction of sp³-hybridized carbons (Fsp3) is 0.304. The van der Waals surface area contributed by atoms with Crippen LogP contribution in [0.5, 0.6) is 11.5 Å². The number of nitrogens with zero attached hydrogens (tertiary/aromatic N) is 2. The Morgan fingerprint density at radius 2 is 1.86 bits per heavy atom. The number of fused-ring (bicyclic) bond motifs is 1. The summed E-state index contributed by atoms with van der Waals surface area (Å²) in [6, 6.07) is 13.1. The summed E-state index contributed by atoms with van der Waals surface area (Å²) in [5.41, 5.74) is 6.34. The van der Waals surface area contributed by atoms with Crippen LogP contribution in [0.2, 0.25) is 0 Å². The van der Waals surface area contributed by atoms with E-state index in [1.807, 2.05) is 12.1 Å². The van der Waals surface area contributed by atoms with Crippen molar-refractivity contribution in [2.75, 3.05) is 25.7 Å². The van der Waals surface area contributed by atoms with Gasteiger partial charge in [0.2, 0.25) is 0 Å². The molecule has 2 aromatic carbocycles. The van der Waals surface area contributed by atoms with Crippen molar-refractivity contribution >= 4 is 17.8 Å². The highest BCUT2D eigenvalue weighted by atomic mass is 16.5. The van der Waals surface area contributed by atoms with Crippen molar-refractivity contribution in [3.63, 3.8) is 0 Å². The van der Waals surface area contributed by atoms with Gasteiger partial charge in [0.1, 0.15) is 11.5 Å². The monoisotopic (exact) mass is 393 g/mol. The van der Waals surface area contributed by atoms with Crippen molar-refractivity contribution in [2.45, 2.75) is 26.2 Å². The normalized spacial score (nSPS) is 16.2. The third-order valence-electron chi connectivity index (χ3n) is 5.22. The predicted molar refractivity (Wildman–Crippen MR) is 116 cm³/mol. The van der Waals surface area contributed by atoms with Crippen molar-refractivity contribution in [3.05, 3.63) is 65.4 Å². The Hall–Kier alpha value is -3.28. The molecule has 0 fully saturated rings. The number of hydrogen-bond donors (Lipinski definition) is 1. The molecule has 152 valence electrons. The molecule has 0 aliphatic carbocycles. The second-order valence-electron chi connectivity index (χ2n) is 7.26. The van der Waals surface area contributed by atoms with E-state index in [1.165, 1.54) is 11.3 Å². The summed E-state index contributed by atoms with van der Waals surface area (Å²) in [7, 11) is 3.24. The van der Waals surface area contributed by atoms with E-state index in [1.54, 1.807) is 44.7 Å². The maximum atomic E-state index is 12.3. The Morgan fingerprint density at radius 1 is 1.14 bits per heavy atom. The summed E-state index contributed by atoms with van der Waals surface area (Å²) in [5.74, 6) is 1.18. The fourth-order valence-corrected chi connectivity index (χ4v) is 3.65. The zero-order valence-electron chi connectivity index (χ0n) is 17.5. The predicted octanol–water partition coefficient (Wildman–Crippen LogP) is 4.12. The standard InChI is InChI=1S/C23H27N3O3/c1-6-26-20-11-10-18(29-5)15-19(20)23(2,3)21(26)12-13-24-25-22(27)16-8-7-9-17(14-16)28-4/h7-15H,6H2,1-5H3,(H,25,27). The SMILES string of the molecule is CCN1C(=CC=NNC(=O)c2cccc(OC)c2)C(C)(C)c2cc(OC)ccc21. The summed E-state index contributed by atoms with van der Waals surface area (Å²) < 4.78 is 10.5. The minimum atomic E-state index is -0.287. The highest BCUT2D eigenvalue weighted by Gasteiger charge is 2.39. The lowest BCUT2D eigenvalue weighted by molar-refractivity contribution is 0.0955. The lowest BCUT2D eigenvalue weighted by Gasteiger charge is -2.25. The van der Waals surface area contributed by atoms with Gasteiger partial charge in [0.25, 0.3) is 5.91 Å². The molecule has 3 rings (SSSR count). The number of methoxy groups -OCH3 is 2. The quantitative estimate of drug-likeness (QED) is 0.592. The average molecular weight is 393 g/mol. The lowest BCUT2D eigenvalue weighted by Crippen LogP contribution is -2.26. The van der Waals surface area contributed by atoms with E-state index in [9.17, 15) is 4.79 Å². The fourth-order valence-electron chi connectivity index (χ4n) is 3.65. The number of hydrazone groups is 1. The molecule has 0 aromatic heterocycles. The second-order valence-corrected chi connectivity index (χ2v) is 7.26. The summed E-state index contributed by atoms with van der Waals surface area (Å²) >= 11 is 0. The number of nitrogens with one attached hydrogen (secondary N) is 1. The Balaban J connectivity index is 1.79. The minimum absolute atomic E-state index is 0.206. The molecule has 29 heavy (non-hydrogen) atoms. The molecule has 0 radical (unpaired) electrons. The first-order valence-corrected chi connectivity index (χ1v) is 9.56. The maximum absolute atomic E-state index is 12.3. The van der Waals surface area contributed by atoms with Crippen LogP contribution >= 0.6 is 0 Å². The molecule has 0 saturated heterocycles. The third-order valence-corrected chi connectivity index (χ3v) is 5.22. The van der Waals surface area contributed by atoms with Crippen molar-refractivity contribution in [1.82, 2.24) is 5.43 Å². The van der Waals surface area contributed by atoms with E-state index >= 15 is 0 Å². The molecular weight excluding hydrogens is 366 g/mol. The van der Waals surface area contributed by atoms with Gasteiger partial charge in [0, 0.05) is 35.1 Å². The average Bonchev–Trinajstić information content (AvgIpc) is 2.96. The number of benzene rings is 2. The van der Waals surface area contributed by atoms with Gasteiger partial charge in [0.05, 0.1) is 14.2 Å². The maximum Gasteiger partial charge on any atom is 0.271 e. The largest absolute Gasteiger partial charge is 0.497 e. The molecule has 1 amide bonds. The van der Waals surface area contributed by atoms with E-state index in [0.29, 0.717) is 11.3 Å². The number of allylic oxidation sites excluding steroid dienone is 2. The minimum Gasteiger partial charge on any atom is -0.497 e. The lowest BCUT2D eigenvalue weighted by atomic mass is 9.83. The number of anilines is 1. The number of likely N-dealkylation sites (N-methyl/N-ethyl adjacent to an activating group) is 1. The van der Waals surface area contributed by atoms with Gasteiger partial charge in [-0.2, -0.15) is 5.10 Å². The number of ether oxygens (including phenoxy) is 2. The Kier molecular flexibility index (Phi) is 5.92. The topological polar surface area (TPSA) is 63.2 Å². The van der Waals surface area contributed by atoms with E-state index in [2.05, 4.69) is 48.3 Å². The highest BCUT2D eigenvalue weighted by Crippen LogP contribution is 2.48. The van der Waals surface area contributed by atoms with Gasteiger partial charge in [-0.05, 0) is 55.0 Å². The van der Waals surface area contributed by atoms with Gasteiger partial charge in [-0.25, -0.2) is 5.43 Å². The Bertz CT molecular complexity index is 964. The first-order valence-electron chi connectivity index (χ1n) is 9.56. The van der Waals surface area contributed by atoms with E-state index in [4.69, 9.17) is 9.47 Å². The Labute approximate surface area is 171 Å². The molecule has 6 nitrogen and oxygen atoms in total. The Morgan fingerprint density at radius 3 is 2.55 bits per heavy atom. The van der Waals surface area contributed by atoms with Gasteiger partial charge >= 0.3 is 0 Å². The van der Waals surface area contributed by atoms with Gasteiger partial charge in [0.15, 0.2) is 0 Å². The summed E-state index contributed by atoms with van der Waals surface area (Å²) in [6.07, 6.45) is 3.57. The molecule has 6 heteroatoms. The van der Waals surface area contributed by atoms with Crippen LogP contribution in [0.15, 0.2) is 59.3 Å². The highest BCUT2D eigenvalue weighted by molar-refractivity contribution is 5.95. The number of carbonyl (C=O) groups is 1. The van der Waals surface area contributed by atoms with Crippen LogP contribution in [0, 0.1) is 0 Å². The third kappa shape index (κ3) is 3.97. The molecule has 0 atom stereocenters. The number of carbonyl (C=O) groups excluding carboxylic acids is 1. The molecule has 2 aromatic rings. The van der Waals surface area contributed by atoms with E-state index in [-0.39, 0.29) is 11.3 Å². The molecule has 1 heterocycles. The first-order chi connectivity index (χ1) is 13.9. The molecule has 0 spiro atoms. The van der Waals surface area contributed by atoms with Gasteiger partial charge < -0.3 is 14.4 Å². The molecular formula is C23H27N3O3. The summed E-state index contributed by atoms with van der Waals surface area (Å²) in [6.45, 7) is 7.30. The van der Waals surface area contributed by atoms with Crippen molar-refractivity contribution < 1.29 is 14.3 Å². The first kappa shape index (κ1) is 20.5. The van der Waals surface area contributed by atoms with Gasteiger partial charge in [-0.3, -0.25) is 4.79 Å². The van der Waals surface area contributed by atoms with Crippen molar-refractivity contribution in [1.29, 1.82) is 0 Å². The van der Waals surface area contributed by atoms with Gasteiger partial charge in [-0.1, -0.05) is 19.9 Å². The van der Waals surface area contributed by atoms with Gasteiger partial charge in [-0.15, -0.1) is 0 Å². The number of rotatable bonds is 6. The molecule has 1 aliphatic rings. The van der Waals surface area contributed by atoms with Crippen LogP contribution in [0.25, 0.3) is 0 Å². The van der Waals surface area contributed by atoms with Crippen molar-refractivity contribution in [2.24, 2.45) is 5.10 Å². The van der Waals surface area contributed by atoms with Crippen LogP contribution in [0.3, 0.4) is 0 Å². The van der Waals surface area contributed by atoms with Crippen LogP contribution in [0.4, 0.5) is 5.69 Å². The molecule has 1 aliphatic heterocycles. The van der Waals surface area contributed by atoms with Crippen LogP contribution < -0.4 is 19.8 Å². The molecule has 0 unspecified atom stereocenters. The van der Waals surface area contributed by atoms with Crippen LogP contribution in [-0.4, -0.2) is 32.9 Å².